The van der Waals surface area contributed by atoms with Gasteiger partial charge in [0.05, 0.1) is 18.5 Å². The Balaban J connectivity index is 0.00000272. The zero-order valence-corrected chi connectivity index (χ0v) is 18.3. The highest BCUT2D eigenvalue weighted by molar-refractivity contribution is 5.93. The number of benzene rings is 2. The summed E-state index contributed by atoms with van der Waals surface area (Å²) >= 11 is 0. The molecule has 31 heavy (non-hydrogen) atoms. The van der Waals surface area contributed by atoms with Gasteiger partial charge in [0.15, 0.2) is 11.2 Å². The molecule has 1 fully saturated rings. The molecule has 1 aromatic heterocycles. The molecule has 0 spiro atoms. The predicted molar refractivity (Wildman–Crippen MR) is 123 cm³/mol. The van der Waals surface area contributed by atoms with Gasteiger partial charge >= 0.3 is 0 Å². The summed E-state index contributed by atoms with van der Waals surface area (Å²) in [5.41, 5.74) is 1.32. The fourth-order valence-electron chi connectivity index (χ4n) is 4.01. The molecule has 2 heterocycles. The summed E-state index contributed by atoms with van der Waals surface area (Å²) in [5, 5.41) is 3.44. The van der Waals surface area contributed by atoms with E-state index in [0.29, 0.717) is 17.5 Å². The van der Waals surface area contributed by atoms with Crippen LogP contribution in [0.25, 0.3) is 11.0 Å². The number of hydrogen-bond acceptors (Lipinski definition) is 5. The maximum Gasteiger partial charge on any atom is 0.287 e. The first-order valence-electron chi connectivity index (χ1n) is 10.3. The lowest BCUT2D eigenvalue weighted by Gasteiger charge is -2.35. The van der Waals surface area contributed by atoms with Gasteiger partial charge in [-0.3, -0.25) is 14.5 Å². The van der Waals surface area contributed by atoms with Gasteiger partial charge < -0.3 is 14.5 Å². The molecule has 7 heteroatoms. The first kappa shape index (κ1) is 22.8. The second kappa shape index (κ2) is 10.5. The molecule has 0 radical (unpaired) electrons. The molecule has 0 saturated carbocycles. The Kier molecular flexibility index (Phi) is 7.71. The van der Waals surface area contributed by atoms with Crippen LogP contribution in [0.4, 0.5) is 0 Å². The van der Waals surface area contributed by atoms with Gasteiger partial charge in [-0.25, -0.2) is 0 Å². The van der Waals surface area contributed by atoms with E-state index in [1.165, 1.54) is 12.5 Å². The van der Waals surface area contributed by atoms with E-state index < -0.39 is 0 Å². The van der Waals surface area contributed by atoms with Gasteiger partial charge in [-0.05, 0) is 55.8 Å². The first-order valence-corrected chi connectivity index (χ1v) is 10.3. The minimum absolute atomic E-state index is 0. The molecule has 4 rings (SSSR count). The summed E-state index contributed by atoms with van der Waals surface area (Å²) in [6.45, 7) is 2.43. The molecule has 1 aliphatic heterocycles. The monoisotopic (exact) mass is 442 g/mol. The summed E-state index contributed by atoms with van der Waals surface area (Å²) in [6.07, 6.45) is 3.54. The smallest absolute Gasteiger partial charge is 0.287 e. The quantitative estimate of drug-likeness (QED) is 0.620. The minimum atomic E-state index is -0.381. The second-order valence-corrected chi connectivity index (χ2v) is 7.57. The summed E-state index contributed by atoms with van der Waals surface area (Å²) in [6, 6.07) is 16.2. The summed E-state index contributed by atoms with van der Waals surface area (Å²) in [4.78, 5) is 27.5. The lowest BCUT2D eigenvalue weighted by atomic mass is 10.0. The first-order chi connectivity index (χ1) is 14.7. The number of amides is 1. The van der Waals surface area contributed by atoms with Crippen LogP contribution in [0.3, 0.4) is 0 Å². The number of methoxy groups -OCH3 is 1. The Morgan fingerprint density at radius 2 is 1.81 bits per heavy atom. The SMILES string of the molecule is COc1ccc(C(CNC(=O)c2cc(=O)c3ccccc3o2)N2CCCCC2)cc1.Cl. The Morgan fingerprint density at radius 1 is 1.10 bits per heavy atom. The predicted octanol–water partition coefficient (Wildman–Crippen LogP) is 4.18. The Hall–Kier alpha value is -2.83. The lowest BCUT2D eigenvalue weighted by molar-refractivity contribution is 0.0897. The van der Waals surface area contributed by atoms with Gasteiger partial charge in [-0.1, -0.05) is 30.7 Å². The molecule has 1 saturated heterocycles. The normalized spacial score (nSPS) is 15.1. The molecule has 1 aliphatic rings. The average molecular weight is 443 g/mol. The maximum absolute atomic E-state index is 12.8. The van der Waals surface area contributed by atoms with Crippen molar-refractivity contribution >= 4 is 29.3 Å². The number of nitrogens with zero attached hydrogens (tertiary/aromatic N) is 1. The Labute approximate surface area is 187 Å². The van der Waals surface area contributed by atoms with Gasteiger partial charge in [0.1, 0.15) is 11.3 Å². The van der Waals surface area contributed by atoms with Crippen molar-refractivity contribution in [3.05, 3.63) is 76.1 Å². The topological polar surface area (TPSA) is 71.8 Å². The van der Waals surface area contributed by atoms with Gasteiger partial charge in [0.2, 0.25) is 0 Å². The third-order valence-corrected chi connectivity index (χ3v) is 5.65. The van der Waals surface area contributed by atoms with Crippen LogP contribution in [-0.2, 0) is 0 Å². The van der Waals surface area contributed by atoms with Crippen molar-refractivity contribution in [1.29, 1.82) is 0 Å². The van der Waals surface area contributed by atoms with Crippen LogP contribution in [0.2, 0.25) is 0 Å². The largest absolute Gasteiger partial charge is 0.497 e. The van der Waals surface area contributed by atoms with Crippen molar-refractivity contribution in [2.45, 2.75) is 25.3 Å². The van der Waals surface area contributed by atoms with Crippen molar-refractivity contribution < 1.29 is 13.9 Å². The third kappa shape index (κ3) is 5.27. The Morgan fingerprint density at radius 3 is 2.52 bits per heavy atom. The number of likely N-dealkylation sites (tertiary alicyclic amines) is 1. The van der Waals surface area contributed by atoms with Crippen molar-refractivity contribution in [1.82, 2.24) is 10.2 Å². The number of ether oxygens (including phenoxy) is 1. The van der Waals surface area contributed by atoms with Crippen molar-refractivity contribution in [3.63, 3.8) is 0 Å². The van der Waals surface area contributed by atoms with E-state index in [9.17, 15) is 9.59 Å². The van der Waals surface area contributed by atoms with Gasteiger partial charge in [-0.15, -0.1) is 12.4 Å². The van der Waals surface area contributed by atoms with Crippen molar-refractivity contribution in [3.8, 4) is 5.75 Å². The number of nitrogens with one attached hydrogen (secondary N) is 1. The van der Waals surface area contributed by atoms with E-state index in [1.807, 2.05) is 24.3 Å². The van der Waals surface area contributed by atoms with Crippen molar-refractivity contribution in [2.75, 3.05) is 26.7 Å². The third-order valence-electron chi connectivity index (χ3n) is 5.65. The summed E-state index contributed by atoms with van der Waals surface area (Å²) < 4.78 is 10.9. The lowest BCUT2D eigenvalue weighted by Crippen LogP contribution is -2.40. The molecule has 3 aromatic rings. The van der Waals surface area contributed by atoms with Gasteiger partial charge in [0, 0.05) is 12.6 Å². The molecule has 0 aliphatic carbocycles. The number of halogens is 1. The van der Waals surface area contributed by atoms with Gasteiger partial charge in [0.25, 0.3) is 5.91 Å². The minimum Gasteiger partial charge on any atom is -0.497 e. The molecule has 0 bridgehead atoms. The van der Waals surface area contributed by atoms with Crippen LogP contribution in [-0.4, -0.2) is 37.6 Å². The molecule has 2 aromatic carbocycles. The van der Waals surface area contributed by atoms with Crippen molar-refractivity contribution in [2.24, 2.45) is 0 Å². The van der Waals surface area contributed by atoms with Crippen LogP contribution in [0.5, 0.6) is 5.75 Å². The van der Waals surface area contributed by atoms with E-state index in [-0.39, 0.29) is 35.5 Å². The molecule has 1 N–H and O–H groups in total. The summed E-state index contributed by atoms with van der Waals surface area (Å²) in [5.74, 6) is 0.456. The number of carbonyl (C=O) groups excluding carboxylic acids is 1. The maximum atomic E-state index is 12.8. The highest BCUT2D eigenvalue weighted by Crippen LogP contribution is 2.26. The average Bonchev–Trinajstić information content (AvgIpc) is 2.80. The Bertz CT molecular complexity index is 1070. The molecule has 1 amide bonds. The highest BCUT2D eigenvalue weighted by Gasteiger charge is 2.24. The zero-order valence-electron chi connectivity index (χ0n) is 17.5. The fourth-order valence-corrected chi connectivity index (χ4v) is 4.01. The second-order valence-electron chi connectivity index (χ2n) is 7.57. The number of rotatable bonds is 6. The van der Waals surface area contributed by atoms with E-state index in [1.54, 1.807) is 31.4 Å². The van der Waals surface area contributed by atoms with Crippen LogP contribution < -0.4 is 15.5 Å². The van der Waals surface area contributed by atoms with Crippen LogP contribution in [0, 0.1) is 0 Å². The van der Waals surface area contributed by atoms with Crippen LogP contribution in [0.1, 0.15) is 41.4 Å². The molecule has 164 valence electrons. The number of piperidine rings is 1. The number of fused-ring (bicyclic) bond motifs is 1. The van der Waals surface area contributed by atoms with E-state index in [0.717, 1.165) is 37.2 Å². The number of para-hydroxylation sites is 1. The number of carbonyl (C=O) groups is 1. The van der Waals surface area contributed by atoms with E-state index in [4.69, 9.17) is 9.15 Å². The van der Waals surface area contributed by atoms with Gasteiger partial charge in [-0.2, -0.15) is 0 Å². The number of hydrogen-bond donors (Lipinski definition) is 1. The zero-order chi connectivity index (χ0) is 20.9. The highest BCUT2D eigenvalue weighted by atomic mass is 35.5. The standard InChI is InChI=1S/C24H26N2O4.ClH/c1-29-18-11-9-17(10-12-18)20(26-13-5-2-6-14-26)16-25-24(28)23-15-21(27)19-7-3-4-8-22(19)30-23;/h3-4,7-12,15,20H,2,5-6,13-14,16H2,1H3,(H,25,28);1H. The van der Waals surface area contributed by atoms with E-state index in [2.05, 4.69) is 10.2 Å². The molecular formula is C24H27ClN2O4. The van der Waals surface area contributed by atoms with E-state index >= 15 is 0 Å². The fraction of sp³-hybridized carbons (Fsp3) is 0.333. The van der Waals surface area contributed by atoms with Crippen LogP contribution in [0.15, 0.2) is 63.8 Å². The molecular weight excluding hydrogens is 416 g/mol. The molecule has 6 nitrogen and oxygen atoms in total. The summed E-state index contributed by atoms with van der Waals surface area (Å²) in [7, 11) is 1.65. The molecule has 1 unspecified atom stereocenters. The molecule has 1 atom stereocenters. The van der Waals surface area contributed by atoms with Crippen LogP contribution >= 0.6 is 12.4 Å².